The second kappa shape index (κ2) is 3.42. The van der Waals surface area contributed by atoms with E-state index in [0.717, 1.165) is 25.8 Å². The highest BCUT2D eigenvalue weighted by Crippen LogP contribution is 2.27. The van der Waals surface area contributed by atoms with Crippen molar-refractivity contribution in [3.05, 3.63) is 24.3 Å². The van der Waals surface area contributed by atoms with Crippen LogP contribution in [0, 0.1) is 0 Å². The number of esters is 1. The molecule has 1 heterocycles. The maximum Gasteiger partial charge on any atom is 0.381 e. The first-order chi connectivity index (χ1) is 6.09. The van der Waals surface area contributed by atoms with E-state index < -0.39 is 17.5 Å². The number of carbonyl (C=O) groups excluding carboxylic acids is 1. The Kier molecular flexibility index (Phi) is 2.50. The van der Waals surface area contributed by atoms with Gasteiger partial charge in [0.05, 0.1) is 12.7 Å². The van der Waals surface area contributed by atoms with E-state index in [0.29, 0.717) is 0 Å². The monoisotopic (exact) mass is 188 g/mol. The number of ether oxygens (including phenoxy) is 1. The molecule has 0 atom stereocenters. The predicted molar refractivity (Wildman–Crippen MR) is 37.9 cm³/mol. The number of halogens is 2. The molecule has 0 N–H and O–H groups in total. The zero-order valence-electron chi connectivity index (χ0n) is 6.70. The fourth-order valence-electron chi connectivity index (χ4n) is 0.707. The quantitative estimate of drug-likeness (QED) is 0.642. The van der Waals surface area contributed by atoms with Crippen LogP contribution in [0.2, 0.25) is 0 Å². The first kappa shape index (κ1) is 9.50. The van der Waals surface area contributed by atoms with Crippen molar-refractivity contribution in [2.45, 2.75) is 5.92 Å². The summed E-state index contributed by atoms with van der Waals surface area (Å²) in [5.74, 6) is -5.31. The molecular formula is C7H6F2N2O2. The van der Waals surface area contributed by atoms with Gasteiger partial charge in [-0.3, -0.25) is 0 Å². The van der Waals surface area contributed by atoms with Crippen LogP contribution in [0.1, 0.15) is 5.56 Å². The van der Waals surface area contributed by atoms with E-state index in [2.05, 4.69) is 14.7 Å². The molecule has 0 spiro atoms. The van der Waals surface area contributed by atoms with Crippen molar-refractivity contribution in [1.82, 2.24) is 9.97 Å². The van der Waals surface area contributed by atoms with Gasteiger partial charge >= 0.3 is 11.9 Å². The Morgan fingerprint density at radius 3 is 2.46 bits per heavy atom. The van der Waals surface area contributed by atoms with Crippen molar-refractivity contribution in [2.24, 2.45) is 0 Å². The topological polar surface area (TPSA) is 52.1 Å². The maximum absolute atomic E-state index is 13.0. The lowest BCUT2D eigenvalue weighted by Crippen LogP contribution is -2.27. The summed E-state index contributed by atoms with van der Waals surface area (Å²) in [5.41, 5.74) is -0.582. The average molecular weight is 188 g/mol. The standard InChI is InChI=1S/C7H6F2N2O2/c1-13-6(12)7(8,9)5-2-10-4-11-3-5/h2-4H,1H3. The fourth-order valence-corrected chi connectivity index (χ4v) is 0.707. The Balaban J connectivity index is 3.00. The number of alkyl halides is 2. The molecule has 1 rings (SSSR count). The highest BCUT2D eigenvalue weighted by atomic mass is 19.3. The van der Waals surface area contributed by atoms with Crippen LogP contribution >= 0.6 is 0 Å². The van der Waals surface area contributed by atoms with Crippen molar-refractivity contribution in [2.75, 3.05) is 7.11 Å². The molecule has 0 aliphatic rings. The Morgan fingerprint density at radius 1 is 1.46 bits per heavy atom. The molecular weight excluding hydrogens is 182 g/mol. The summed E-state index contributed by atoms with van der Waals surface area (Å²) in [6, 6.07) is 0. The lowest BCUT2D eigenvalue weighted by molar-refractivity contribution is -0.170. The molecule has 0 saturated carbocycles. The molecule has 13 heavy (non-hydrogen) atoms. The molecule has 0 radical (unpaired) electrons. The summed E-state index contributed by atoms with van der Waals surface area (Å²) in [4.78, 5) is 17.3. The van der Waals surface area contributed by atoms with Crippen LogP contribution in [-0.2, 0) is 15.5 Å². The number of hydrogen-bond donors (Lipinski definition) is 0. The molecule has 70 valence electrons. The van der Waals surface area contributed by atoms with Gasteiger partial charge in [0.2, 0.25) is 0 Å². The van der Waals surface area contributed by atoms with Crippen LogP contribution in [-0.4, -0.2) is 23.0 Å². The second-order valence-corrected chi connectivity index (χ2v) is 2.19. The van der Waals surface area contributed by atoms with E-state index in [1.165, 1.54) is 0 Å². The molecule has 0 fully saturated rings. The molecule has 0 unspecified atom stereocenters. The largest absolute Gasteiger partial charge is 0.464 e. The molecule has 0 amide bonds. The number of carbonyl (C=O) groups is 1. The highest BCUT2D eigenvalue weighted by Gasteiger charge is 2.42. The summed E-state index contributed by atoms with van der Waals surface area (Å²) in [6.07, 6.45) is 2.82. The van der Waals surface area contributed by atoms with Gasteiger partial charge in [0, 0.05) is 12.4 Å². The molecule has 0 aliphatic carbocycles. The Labute approximate surface area is 72.6 Å². The molecule has 0 aliphatic heterocycles. The van der Waals surface area contributed by atoms with Gasteiger partial charge < -0.3 is 4.74 Å². The fraction of sp³-hybridized carbons (Fsp3) is 0.286. The van der Waals surface area contributed by atoms with Gasteiger partial charge in [0.25, 0.3) is 0 Å². The van der Waals surface area contributed by atoms with Crippen LogP contribution in [0.5, 0.6) is 0 Å². The predicted octanol–water partition coefficient (Wildman–Crippen LogP) is 0.741. The van der Waals surface area contributed by atoms with Gasteiger partial charge in [-0.05, 0) is 0 Å². The average Bonchev–Trinajstić information content (AvgIpc) is 2.18. The van der Waals surface area contributed by atoms with Crippen molar-refractivity contribution >= 4 is 5.97 Å². The molecule has 1 aromatic heterocycles. The summed E-state index contributed by atoms with van der Waals surface area (Å²) in [7, 11) is 0.889. The van der Waals surface area contributed by atoms with Crippen molar-refractivity contribution in [3.8, 4) is 0 Å². The Hall–Kier alpha value is -1.59. The van der Waals surface area contributed by atoms with Crippen molar-refractivity contribution in [3.63, 3.8) is 0 Å². The highest BCUT2D eigenvalue weighted by molar-refractivity contribution is 5.78. The van der Waals surface area contributed by atoms with Gasteiger partial charge in [-0.15, -0.1) is 0 Å². The van der Waals surface area contributed by atoms with Crippen LogP contribution in [0.3, 0.4) is 0 Å². The summed E-state index contributed by atoms with van der Waals surface area (Å²) in [6.45, 7) is 0. The van der Waals surface area contributed by atoms with E-state index in [9.17, 15) is 13.6 Å². The summed E-state index contributed by atoms with van der Waals surface area (Å²) >= 11 is 0. The minimum Gasteiger partial charge on any atom is -0.464 e. The molecule has 0 aromatic carbocycles. The first-order valence-electron chi connectivity index (χ1n) is 3.30. The third-order valence-corrected chi connectivity index (χ3v) is 1.36. The van der Waals surface area contributed by atoms with Gasteiger partial charge in [-0.2, -0.15) is 8.78 Å². The zero-order valence-corrected chi connectivity index (χ0v) is 6.70. The molecule has 4 nitrogen and oxygen atoms in total. The number of rotatable bonds is 2. The third-order valence-electron chi connectivity index (χ3n) is 1.36. The molecule has 0 saturated heterocycles. The Bertz CT molecular complexity index is 303. The lowest BCUT2D eigenvalue weighted by atomic mass is 10.2. The van der Waals surface area contributed by atoms with Gasteiger partial charge in [0.1, 0.15) is 6.33 Å². The van der Waals surface area contributed by atoms with Gasteiger partial charge in [0.15, 0.2) is 0 Å². The summed E-state index contributed by atoms with van der Waals surface area (Å²) in [5, 5.41) is 0. The van der Waals surface area contributed by atoms with E-state index in [-0.39, 0.29) is 0 Å². The van der Waals surface area contributed by atoms with Gasteiger partial charge in [-0.25, -0.2) is 14.8 Å². The number of methoxy groups -OCH3 is 1. The Morgan fingerprint density at radius 2 is 2.00 bits per heavy atom. The van der Waals surface area contributed by atoms with E-state index >= 15 is 0 Å². The number of aromatic nitrogens is 2. The van der Waals surface area contributed by atoms with Gasteiger partial charge in [-0.1, -0.05) is 0 Å². The molecule has 1 aromatic rings. The zero-order chi connectivity index (χ0) is 9.90. The smallest absolute Gasteiger partial charge is 0.381 e. The molecule has 0 bridgehead atoms. The second-order valence-electron chi connectivity index (χ2n) is 2.19. The molecule has 6 heteroatoms. The summed E-state index contributed by atoms with van der Waals surface area (Å²) < 4.78 is 29.9. The maximum atomic E-state index is 13.0. The SMILES string of the molecule is COC(=O)C(F)(F)c1cncnc1. The van der Waals surface area contributed by atoms with E-state index in [1.807, 2.05) is 0 Å². The van der Waals surface area contributed by atoms with Crippen LogP contribution in [0.15, 0.2) is 18.7 Å². The van der Waals surface area contributed by atoms with Crippen molar-refractivity contribution in [1.29, 1.82) is 0 Å². The minimum absolute atomic E-state index is 0.582. The lowest BCUT2D eigenvalue weighted by Gasteiger charge is -2.11. The number of hydrogen-bond acceptors (Lipinski definition) is 4. The van der Waals surface area contributed by atoms with Crippen LogP contribution < -0.4 is 0 Å². The normalized spacial score (nSPS) is 11.0. The van der Waals surface area contributed by atoms with E-state index in [4.69, 9.17) is 0 Å². The van der Waals surface area contributed by atoms with E-state index in [1.54, 1.807) is 0 Å². The number of nitrogens with zero attached hydrogens (tertiary/aromatic N) is 2. The van der Waals surface area contributed by atoms with Crippen molar-refractivity contribution < 1.29 is 18.3 Å². The van der Waals surface area contributed by atoms with Crippen LogP contribution in [0.25, 0.3) is 0 Å². The first-order valence-corrected chi connectivity index (χ1v) is 3.30. The third kappa shape index (κ3) is 1.77. The minimum atomic E-state index is -3.68. The van der Waals surface area contributed by atoms with Crippen LogP contribution in [0.4, 0.5) is 8.78 Å².